The third kappa shape index (κ3) is 4.21. The number of amides is 1. The molecule has 0 unspecified atom stereocenters. The first-order valence-corrected chi connectivity index (χ1v) is 8.10. The number of piperazine rings is 1. The van der Waals surface area contributed by atoms with Gasteiger partial charge in [0.2, 0.25) is 0 Å². The van der Waals surface area contributed by atoms with E-state index >= 15 is 0 Å². The predicted molar refractivity (Wildman–Crippen MR) is 86.3 cm³/mol. The topological polar surface area (TPSA) is 23.6 Å². The molecule has 0 N–H and O–H groups in total. The number of halogens is 2. The molecule has 0 atom stereocenters. The predicted octanol–water partition coefficient (Wildman–Crippen LogP) is 3.52. The number of rotatable bonds is 3. The van der Waals surface area contributed by atoms with Gasteiger partial charge in [0, 0.05) is 47.8 Å². The van der Waals surface area contributed by atoms with Gasteiger partial charge in [-0.15, -0.1) is 0 Å². The van der Waals surface area contributed by atoms with E-state index in [0.29, 0.717) is 16.5 Å². The summed E-state index contributed by atoms with van der Waals surface area (Å²) in [6.45, 7) is 9.02. The van der Waals surface area contributed by atoms with E-state index < -0.39 is 0 Å². The Hall–Kier alpha value is -0.580. The lowest BCUT2D eigenvalue weighted by atomic mass is 10.1. The minimum absolute atomic E-state index is 0.0670. The molecular formula is C15H20BrClN2O. The van der Waals surface area contributed by atoms with Crippen LogP contribution in [0.4, 0.5) is 0 Å². The lowest BCUT2D eigenvalue weighted by molar-refractivity contribution is 0.0624. The SMILES string of the molecule is CC(C)CN1CCN(C(=O)c2cc(Cl)cc(Br)c2)CC1. The van der Waals surface area contributed by atoms with E-state index in [4.69, 9.17) is 11.6 Å². The summed E-state index contributed by atoms with van der Waals surface area (Å²) in [6.07, 6.45) is 0. The van der Waals surface area contributed by atoms with E-state index in [1.165, 1.54) is 0 Å². The molecule has 0 spiro atoms. The van der Waals surface area contributed by atoms with Gasteiger partial charge in [-0.1, -0.05) is 41.4 Å². The summed E-state index contributed by atoms with van der Waals surface area (Å²) in [5.74, 6) is 0.735. The van der Waals surface area contributed by atoms with Crippen LogP contribution in [-0.4, -0.2) is 48.4 Å². The van der Waals surface area contributed by atoms with Crippen LogP contribution in [0.25, 0.3) is 0 Å². The van der Waals surface area contributed by atoms with Crippen LogP contribution in [0.15, 0.2) is 22.7 Å². The summed E-state index contributed by atoms with van der Waals surface area (Å²) in [6, 6.07) is 5.35. The van der Waals surface area contributed by atoms with Crippen molar-refractivity contribution in [3.8, 4) is 0 Å². The standard InChI is InChI=1S/C15H20BrClN2O/c1-11(2)10-18-3-5-19(6-4-18)15(20)12-7-13(16)9-14(17)8-12/h7-9,11H,3-6,10H2,1-2H3. The number of carbonyl (C=O) groups excluding carboxylic acids is 1. The maximum absolute atomic E-state index is 12.5. The molecule has 1 heterocycles. The quantitative estimate of drug-likeness (QED) is 0.824. The summed E-state index contributed by atoms with van der Waals surface area (Å²) in [7, 11) is 0. The van der Waals surface area contributed by atoms with E-state index in [9.17, 15) is 4.79 Å². The molecule has 110 valence electrons. The molecule has 0 aliphatic carbocycles. The second-order valence-electron chi connectivity index (χ2n) is 5.64. The van der Waals surface area contributed by atoms with Crippen molar-refractivity contribution < 1.29 is 4.79 Å². The number of hydrogen-bond donors (Lipinski definition) is 0. The molecule has 20 heavy (non-hydrogen) atoms. The van der Waals surface area contributed by atoms with Crippen molar-refractivity contribution in [3.05, 3.63) is 33.3 Å². The van der Waals surface area contributed by atoms with Gasteiger partial charge in [-0.25, -0.2) is 0 Å². The zero-order chi connectivity index (χ0) is 14.7. The highest BCUT2D eigenvalue weighted by molar-refractivity contribution is 9.10. The minimum atomic E-state index is 0.0670. The molecule has 1 amide bonds. The third-order valence-electron chi connectivity index (χ3n) is 3.39. The van der Waals surface area contributed by atoms with Gasteiger partial charge < -0.3 is 4.90 Å². The van der Waals surface area contributed by atoms with Gasteiger partial charge in [0.15, 0.2) is 0 Å². The highest BCUT2D eigenvalue weighted by Crippen LogP contribution is 2.21. The summed E-state index contributed by atoms with van der Waals surface area (Å²) in [5.41, 5.74) is 0.654. The third-order valence-corrected chi connectivity index (χ3v) is 4.07. The summed E-state index contributed by atoms with van der Waals surface area (Å²) in [4.78, 5) is 16.8. The average molecular weight is 360 g/mol. The fourth-order valence-electron chi connectivity index (χ4n) is 2.51. The van der Waals surface area contributed by atoms with Crippen molar-refractivity contribution in [2.75, 3.05) is 32.7 Å². The second kappa shape index (κ2) is 6.92. The molecule has 2 rings (SSSR count). The first-order valence-electron chi connectivity index (χ1n) is 6.93. The van der Waals surface area contributed by atoms with Crippen molar-refractivity contribution in [3.63, 3.8) is 0 Å². The monoisotopic (exact) mass is 358 g/mol. The summed E-state index contributed by atoms with van der Waals surface area (Å²) >= 11 is 9.38. The van der Waals surface area contributed by atoms with Crippen LogP contribution in [0.2, 0.25) is 5.02 Å². The minimum Gasteiger partial charge on any atom is -0.336 e. The molecule has 1 aliphatic rings. The Bertz CT molecular complexity index is 465. The second-order valence-corrected chi connectivity index (χ2v) is 7.00. The van der Waals surface area contributed by atoms with Crippen LogP contribution in [0, 0.1) is 5.92 Å². The van der Waals surface area contributed by atoms with Crippen LogP contribution in [0.1, 0.15) is 24.2 Å². The zero-order valence-electron chi connectivity index (χ0n) is 11.9. The molecule has 5 heteroatoms. The average Bonchev–Trinajstić information content (AvgIpc) is 2.37. The first-order chi connectivity index (χ1) is 9.45. The van der Waals surface area contributed by atoms with Gasteiger partial charge in [-0.2, -0.15) is 0 Å². The molecule has 1 aromatic carbocycles. The fraction of sp³-hybridized carbons (Fsp3) is 0.533. The van der Waals surface area contributed by atoms with E-state index in [2.05, 4.69) is 34.7 Å². The highest BCUT2D eigenvalue weighted by atomic mass is 79.9. The molecule has 0 radical (unpaired) electrons. The van der Waals surface area contributed by atoms with Gasteiger partial charge in [-0.05, 0) is 24.1 Å². The van der Waals surface area contributed by atoms with Crippen LogP contribution < -0.4 is 0 Å². The van der Waals surface area contributed by atoms with Gasteiger partial charge in [0.25, 0.3) is 5.91 Å². The van der Waals surface area contributed by atoms with Gasteiger partial charge >= 0.3 is 0 Å². The maximum Gasteiger partial charge on any atom is 0.254 e. The first kappa shape index (κ1) is 15.8. The molecular weight excluding hydrogens is 340 g/mol. The fourth-order valence-corrected chi connectivity index (χ4v) is 3.37. The van der Waals surface area contributed by atoms with Gasteiger partial charge in [-0.3, -0.25) is 9.69 Å². The van der Waals surface area contributed by atoms with Crippen molar-refractivity contribution in [1.82, 2.24) is 9.80 Å². The van der Waals surface area contributed by atoms with Crippen LogP contribution in [0.5, 0.6) is 0 Å². The van der Waals surface area contributed by atoms with Crippen molar-refractivity contribution in [2.24, 2.45) is 5.92 Å². The normalized spacial score (nSPS) is 16.8. The molecule has 1 aromatic rings. The van der Waals surface area contributed by atoms with Gasteiger partial charge in [0.05, 0.1) is 0 Å². The van der Waals surface area contributed by atoms with Crippen LogP contribution in [-0.2, 0) is 0 Å². The molecule has 0 bridgehead atoms. The Balaban J connectivity index is 1.98. The van der Waals surface area contributed by atoms with E-state index in [1.807, 2.05) is 11.0 Å². The Kier molecular flexibility index (Phi) is 5.47. The maximum atomic E-state index is 12.5. The largest absolute Gasteiger partial charge is 0.336 e. The molecule has 1 aliphatic heterocycles. The smallest absolute Gasteiger partial charge is 0.254 e. The molecule has 1 saturated heterocycles. The van der Waals surface area contributed by atoms with Gasteiger partial charge in [0.1, 0.15) is 0 Å². The Morgan fingerprint density at radius 3 is 2.45 bits per heavy atom. The molecule has 1 fully saturated rings. The van der Waals surface area contributed by atoms with Crippen molar-refractivity contribution in [2.45, 2.75) is 13.8 Å². The number of carbonyl (C=O) groups is 1. The zero-order valence-corrected chi connectivity index (χ0v) is 14.2. The Morgan fingerprint density at radius 1 is 1.25 bits per heavy atom. The summed E-state index contributed by atoms with van der Waals surface area (Å²) < 4.78 is 0.840. The molecule has 0 saturated carbocycles. The van der Waals surface area contributed by atoms with Crippen molar-refractivity contribution in [1.29, 1.82) is 0 Å². The van der Waals surface area contributed by atoms with E-state index in [0.717, 1.165) is 37.2 Å². The number of benzene rings is 1. The Morgan fingerprint density at radius 2 is 1.90 bits per heavy atom. The lowest BCUT2D eigenvalue weighted by Gasteiger charge is -2.35. The summed E-state index contributed by atoms with van der Waals surface area (Å²) in [5, 5.41) is 0.584. The van der Waals surface area contributed by atoms with Crippen molar-refractivity contribution >= 4 is 33.4 Å². The Labute approximate surface area is 134 Å². The number of hydrogen-bond acceptors (Lipinski definition) is 2. The highest BCUT2D eigenvalue weighted by Gasteiger charge is 2.22. The van der Waals surface area contributed by atoms with E-state index in [-0.39, 0.29) is 5.91 Å². The van der Waals surface area contributed by atoms with Crippen LogP contribution in [0.3, 0.4) is 0 Å². The van der Waals surface area contributed by atoms with E-state index in [1.54, 1.807) is 12.1 Å². The van der Waals surface area contributed by atoms with Crippen LogP contribution >= 0.6 is 27.5 Å². The lowest BCUT2D eigenvalue weighted by Crippen LogP contribution is -2.49. The molecule has 0 aromatic heterocycles. The number of nitrogens with zero attached hydrogens (tertiary/aromatic N) is 2. The molecule has 3 nitrogen and oxygen atoms in total.